The maximum absolute atomic E-state index is 6.11. The molecule has 0 aliphatic carbocycles. The smallest absolute Gasteiger partial charge is 0.0408 e. The van der Waals surface area contributed by atoms with E-state index < -0.39 is 0 Å². The van der Waals surface area contributed by atoms with Crippen molar-refractivity contribution in [1.82, 2.24) is 5.32 Å². The van der Waals surface area contributed by atoms with Crippen molar-refractivity contribution in [1.29, 1.82) is 0 Å². The predicted octanol–water partition coefficient (Wildman–Crippen LogP) is 3.88. The largest absolute Gasteiger partial charge is 0.315 e. The average molecular weight is 278 g/mol. The van der Waals surface area contributed by atoms with Crippen LogP contribution in [0.2, 0.25) is 5.02 Å². The molecule has 0 radical (unpaired) electrons. The van der Waals surface area contributed by atoms with Crippen LogP contribution in [0.5, 0.6) is 0 Å². The van der Waals surface area contributed by atoms with Crippen molar-refractivity contribution in [3.63, 3.8) is 0 Å². The minimum absolute atomic E-state index is 0.287. The summed E-state index contributed by atoms with van der Waals surface area (Å²) in [7, 11) is 0. The van der Waals surface area contributed by atoms with Crippen molar-refractivity contribution in [3.05, 3.63) is 57.2 Å². The van der Waals surface area contributed by atoms with Gasteiger partial charge in [-0.05, 0) is 42.0 Å². The lowest BCUT2D eigenvalue weighted by Gasteiger charge is -2.43. The van der Waals surface area contributed by atoms with E-state index in [0.29, 0.717) is 0 Å². The van der Waals surface area contributed by atoms with Gasteiger partial charge in [0.2, 0.25) is 0 Å². The van der Waals surface area contributed by atoms with Crippen LogP contribution >= 0.6 is 22.9 Å². The van der Waals surface area contributed by atoms with Gasteiger partial charge in [-0.1, -0.05) is 29.8 Å². The molecule has 3 rings (SSSR count). The summed E-state index contributed by atoms with van der Waals surface area (Å²) in [4.78, 5) is 1.48. The summed E-state index contributed by atoms with van der Waals surface area (Å²) in [6.07, 6.45) is 2.35. The van der Waals surface area contributed by atoms with Gasteiger partial charge in [0, 0.05) is 28.4 Å². The normalized spacial score (nSPS) is 17.4. The molecule has 0 spiro atoms. The first-order valence-electron chi connectivity index (χ1n) is 6.28. The molecule has 2 heterocycles. The van der Waals surface area contributed by atoms with E-state index in [9.17, 15) is 0 Å². The quantitative estimate of drug-likeness (QED) is 0.894. The Balaban J connectivity index is 1.78. The van der Waals surface area contributed by atoms with E-state index in [4.69, 9.17) is 11.6 Å². The fourth-order valence-electron chi connectivity index (χ4n) is 2.59. The van der Waals surface area contributed by atoms with Crippen LogP contribution in [0, 0.1) is 0 Å². The van der Waals surface area contributed by atoms with Crippen LogP contribution in [0.4, 0.5) is 0 Å². The minimum atomic E-state index is 0.287. The molecule has 94 valence electrons. The Morgan fingerprint density at radius 1 is 1.22 bits per heavy atom. The van der Waals surface area contributed by atoms with Gasteiger partial charge < -0.3 is 5.32 Å². The summed E-state index contributed by atoms with van der Waals surface area (Å²) in [5, 5.41) is 6.41. The number of nitrogens with one attached hydrogen (secondary N) is 1. The minimum Gasteiger partial charge on any atom is -0.315 e. The molecule has 3 heteroatoms. The van der Waals surface area contributed by atoms with Gasteiger partial charge in [0.25, 0.3) is 0 Å². The van der Waals surface area contributed by atoms with Crippen molar-refractivity contribution < 1.29 is 0 Å². The fraction of sp³-hybridized carbons (Fsp3) is 0.333. The molecule has 0 saturated carbocycles. The second kappa shape index (κ2) is 5.04. The summed E-state index contributed by atoms with van der Waals surface area (Å²) in [6, 6.07) is 12.7. The molecule has 1 nitrogen and oxygen atoms in total. The van der Waals surface area contributed by atoms with Crippen molar-refractivity contribution in [3.8, 4) is 0 Å². The topological polar surface area (TPSA) is 12.0 Å². The van der Waals surface area contributed by atoms with Crippen LogP contribution < -0.4 is 5.32 Å². The zero-order chi connectivity index (χ0) is 12.4. The molecule has 1 N–H and O–H groups in total. The van der Waals surface area contributed by atoms with Gasteiger partial charge in [-0.3, -0.25) is 0 Å². The zero-order valence-electron chi connectivity index (χ0n) is 10.2. The molecular formula is C15H16ClNS. The number of hydrogen-bond donors (Lipinski definition) is 1. The third-order valence-corrected chi connectivity index (χ3v) is 4.97. The third kappa shape index (κ3) is 2.33. The fourth-order valence-corrected chi connectivity index (χ4v) is 3.49. The Kier molecular flexibility index (Phi) is 3.42. The third-order valence-electron chi connectivity index (χ3n) is 3.79. The van der Waals surface area contributed by atoms with Crippen molar-refractivity contribution in [2.24, 2.45) is 0 Å². The number of thiophene rings is 1. The Bertz CT molecular complexity index is 517. The summed E-state index contributed by atoms with van der Waals surface area (Å²) in [6.45, 7) is 2.14. The maximum atomic E-state index is 6.11. The molecule has 0 amide bonds. The predicted molar refractivity (Wildman–Crippen MR) is 78.6 cm³/mol. The molecule has 18 heavy (non-hydrogen) atoms. The molecule has 2 aromatic rings. The summed E-state index contributed by atoms with van der Waals surface area (Å²) in [5.41, 5.74) is 1.67. The zero-order valence-corrected chi connectivity index (χ0v) is 11.7. The molecule has 0 bridgehead atoms. The summed E-state index contributed by atoms with van der Waals surface area (Å²) < 4.78 is 0. The van der Waals surface area contributed by atoms with E-state index in [0.717, 1.165) is 24.5 Å². The average Bonchev–Trinajstić information content (AvgIpc) is 2.81. The van der Waals surface area contributed by atoms with Crippen LogP contribution in [-0.2, 0) is 11.8 Å². The van der Waals surface area contributed by atoms with E-state index in [2.05, 4.69) is 41.0 Å². The molecule has 1 aliphatic rings. The molecule has 0 atom stereocenters. The van der Waals surface area contributed by atoms with Gasteiger partial charge in [0.05, 0.1) is 0 Å². The Hall–Kier alpha value is -0.830. The van der Waals surface area contributed by atoms with Gasteiger partial charge in [-0.2, -0.15) is 0 Å². The van der Waals surface area contributed by atoms with E-state index in [1.54, 1.807) is 0 Å². The van der Waals surface area contributed by atoms with Gasteiger partial charge in [0.15, 0.2) is 0 Å². The standard InChI is InChI=1S/C15H16ClNS/c16-13-4-1-3-12(9-13)15(10-17-11-15)7-6-14-5-2-8-18-14/h1-5,8-9,17H,6-7,10-11H2. The highest BCUT2D eigenvalue weighted by molar-refractivity contribution is 7.09. The number of rotatable bonds is 4. The van der Waals surface area contributed by atoms with E-state index in [1.165, 1.54) is 16.9 Å². The summed E-state index contributed by atoms with van der Waals surface area (Å²) >= 11 is 7.96. The van der Waals surface area contributed by atoms with Crippen molar-refractivity contribution >= 4 is 22.9 Å². The van der Waals surface area contributed by atoms with E-state index in [-0.39, 0.29) is 5.41 Å². The van der Waals surface area contributed by atoms with Crippen LogP contribution in [0.3, 0.4) is 0 Å². The highest BCUT2D eigenvalue weighted by atomic mass is 35.5. The van der Waals surface area contributed by atoms with Crippen molar-refractivity contribution in [2.45, 2.75) is 18.3 Å². The number of benzene rings is 1. The molecule has 1 aromatic carbocycles. The Morgan fingerprint density at radius 2 is 2.11 bits per heavy atom. The SMILES string of the molecule is Clc1cccc(C2(CCc3cccs3)CNC2)c1. The first-order chi connectivity index (χ1) is 8.78. The number of halogens is 1. The van der Waals surface area contributed by atoms with Gasteiger partial charge in [-0.25, -0.2) is 0 Å². The van der Waals surface area contributed by atoms with Crippen LogP contribution in [0.15, 0.2) is 41.8 Å². The first kappa shape index (κ1) is 12.2. The molecule has 1 fully saturated rings. The molecule has 1 saturated heterocycles. The second-order valence-corrected chi connectivity index (χ2v) is 6.44. The lowest BCUT2D eigenvalue weighted by atomic mass is 9.72. The van der Waals surface area contributed by atoms with Crippen LogP contribution in [-0.4, -0.2) is 13.1 Å². The number of aryl methyl sites for hydroxylation is 1. The molecule has 1 aromatic heterocycles. The second-order valence-electron chi connectivity index (χ2n) is 4.97. The molecular weight excluding hydrogens is 262 g/mol. The monoisotopic (exact) mass is 277 g/mol. The lowest BCUT2D eigenvalue weighted by Crippen LogP contribution is -2.57. The first-order valence-corrected chi connectivity index (χ1v) is 7.53. The Labute approximate surface area is 117 Å². The van der Waals surface area contributed by atoms with Gasteiger partial charge in [-0.15, -0.1) is 11.3 Å². The summed E-state index contributed by atoms with van der Waals surface area (Å²) in [5.74, 6) is 0. The molecule has 1 aliphatic heterocycles. The Morgan fingerprint density at radius 3 is 2.72 bits per heavy atom. The van der Waals surface area contributed by atoms with E-state index in [1.807, 2.05) is 17.4 Å². The maximum Gasteiger partial charge on any atom is 0.0408 e. The number of hydrogen-bond acceptors (Lipinski definition) is 2. The van der Waals surface area contributed by atoms with Crippen molar-refractivity contribution in [2.75, 3.05) is 13.1 Å². The van der Waals surface area contributed by atoms with Crippen LogP contribution in [0.25, 0.3) is 0 Å². The van der Waals surface area contributed by atoms with E-state index >= 15 is 0 Å². The highest BCUT2D eigenvalue weighted by Gasteiger charge is 2.38. The van der Waals surface area contributed by atoms with Gasteiger partial charge >= 0.3 is 0 Å². The lowest BCUT2D eigenvalue weighted by molar-refractivity contribution is 0.258. The van der Waals surface area contributed by atoms with Gasteiger partial charge in [0.1, 0.15) is 0 Å². The molecule has 0 unspecified atom stereocenters. The van der Waals surface area contributed by atoms with Crippen LogP contribution in [0.1, 0.15) is 16.9 Å². The highest BCUT2D eigenvalue weighted by Crippen LogP contribution is 2.35.